The molecule has 0 atom stereocenters. The molecule has 0 amide bonds. The number of halogens is 1. The van der Waals surface area contributed by atoms with Gasteiger partial charge in [0, 0.05) is 22.7 Å². The molecule has 3 nitrogen and oxygen atoms in total. The van der Waals surface area contributed by atoms with Crippen molar-refractivity contribution in [2.24, 2.45) is 10.7 Å². The minimum Gasteiger partial charge on any atom is -0.370 e. The average Bonchev–Trinajstić information content (AvgIpc) is 3.27. The SMILES string of the molecule is Cc1ccc(SC2(CN=C(N)N(C)C3CC3)CCCC2)cc1.I. The second-order valence-corrected chi connectivity index (χ2v) is 8.36. The van der Waals surface area contributed by atoms with Crippen LogP contribution in [0.4, 0.5) is 0 Å². The predicted molar refractivity (Wildman–Crippen MR) is 111 cm³/mol. The Labute approximate surface area is 161 Å². The summed E-state index contributed by atoms with van der Waals surface area (Å²) in [7, 11) is 2.07. The summed E-state index contributed by atoms with van der Waals surface area (Å²) < 4.78 is 0.240. The number of hydrogen-bond donors (Lipinski definition) is 1. The Morgan fingerprint density at radius 1 is 1.26 bits per heavy atom. The van der Waals surface area contributed by atoms with Crippen LogP contribution >= 0.6 is 35.7 Å². The largest absolute Gasteiger partial charge is 0.370 e. The van der Waals surface area contributed by atoms with E-state index in [0.717, 1.165) is 12.5 Å². The molecule has 3 rings (SSSR count). The number of hydrogen-bond acceptors (Lipinski definition) is 2. The van der Waals surface area contributed by atoms with Gasteiger partial charge in [0.1, 0.15) is 0 Å². The van der Waals surface area contributed by atoms with E-state index in [9.17, 15) is 0 Å². The van der Waals surface area contributed by atoms with Crippen molar-refractivity contribution >= 4 is 41.7 Å². The summed E-state index contributed by atoms with van der Waals surface area (Å²) in [4.78, 5) is 8.26. The third kappa shape index (κ3) is 5.02. The van der Waals surface area contributed by atoms with E-state index < -0.39 is 0 Å². The van der Waals surface area contributed by atoms with Gasteiger partial charge in [0.25, 0.3) is 0 Å². The first-order valence-electron chi connectivity index (χ1n) is 8.36. The highest BCUT2D eigenvalue weighted by Crippen LogP contribution is 2.45. The number of benzene rings is 1. The van der Waals surface area contributed by atoms with Crippen LogP contribution in [0.5, 0.6) is 0 Å². The molecule has 2 aliphatic carbocycles. The number of aryl methyl sites for hydroxylation is 1. The van der Waals surface area contributed by atoms with Crippen LogP contribution < -0.4 is 5.73 Å². The Hall–Kier alpha value is -0.430. The first-order chi connectivity index (χ1) is 10.6. The molecule has 128 valence electrons. The summed E-state index contributed by atoms with van der Waals surface area (Å²) in [6.07, 6.45) is 7.64. The second-order valence-electron chi connectivity index (χ2n) is 6.82. The highest BCUT2D eigenvalue weighted by Gasteiger charge is 2.35. The Kier molecular flexibility index (Phi) is 6.66. The van der Waals surface area contributed by atoms with Gasteiger partial charge in [0.15, 0.2) is 5.96 Å². The quantitative estimate of drug-likeness (QED) is 0.414. The van der Waals surface area contributed by atoms with Crippen molar-refractivity contribution in [3.63, 3.8) is 0 Å². The van der Waals surface area contributed by atoms with Gasteiger partial charge in [-0.25, -0.2) is 0 Å². The summed E-state index contributed by atoms with van der Waals surface area (Å²) in [6, 6.07) is 9.51. The van der Waals surface area contributed by atoms with Crippen LogP contribution in [0.25, 0.3) is 0 Å². The maximum Gasteiger partial charge on any atom is 0.191 e. The van der Waals surface area contributed by atoms with Crippen molar-refractivity contribution in [2.45, 2.75) is 61.1 Å². The van der Waals surface area contributed by atoms with Crippen LogP contribution in [0.15, 0.2) is 34.2 Å². The average molecular weight is 445 g/mol. The number of aliphatic imine (C=N–C) groups is 1. The first-order valence-corrected chi connectivity index (χ1v) is 9.18. The monoisotopic (exact) mass is 445 g/mol. The first kappa shape index (κ1) is 18.9. The number of nitrogens with two attached hydrogens (primary N) is 1. The second kappa shape index (κ2) is 8.10. The van der Waals surface area contributed by atoms with Crippen molar-refractivity contribution in [3.8, 4) is 0 Å². The van der Waals surface area contributed by atoms with Gasteiger partial charge in [-0.1, -0.05) is 30.5 Å². The molecule has 0 spiro atoms. The van der Waals surface area contributed by atoms with Crippen molar-refractivity contribution in [1.82, 2.24) is 4.90 Å². The molecule has 0 aromatic heterocycles. The van der Waals surface area contributed by atoms with Gasteiger partial charge in [-0.05, 0) is 44.7 Å². The zero-order valence-electron chi connectivity index (χ0n) is 14.1. The standard InChI is InChI=1S/C18H27N3S.HI/c1-14-5-9-16(10-6-14)22-18(11-3-4-12-18)13-20-17(19)21(2)15-7-8-15;/h5-6,9-10,15H,3-4,7-8,11-13H2,1-2H3,(H2,19,20);1H. The third-order valence-electron chi connectivity index (χ3n) is 4.86. The molecule has 0 aliphatic heterocycles. The maximum absolute atomic E-state index is 6.18. The van der Waals surface area contributed by atoms with E-state index in [4.69, 9.17) is 10.7 Å². The molecule has 0 radical (unpaired) electrons. The van der Waals surface area contributed by atoms with Gasteiger partial charge in [-0.15, -0.1) is 35.7 Å². The molecule has 2 saturated carbocycles. The van der Waals surface area contributed by atoms with E-state index in [-0.39, 0.29) is 28.7 Å². The Morgan fingerprint density at radius 2 is 1.87 bits per heavy atom. The Balaban J connectivity index is 0.00000192. The molecular weight excluding hydrogens is 417 g/mol. The fourth-order valence-corrected chi connectivity index (χ4v) is 4.55. The molecule has 1 aromatic rings. The molecule has 0 bridgehead atoms. The molecule has 23 heavy (non-hydrogen) atoms. The lowest BCUT2D eigenvalue weighted by Gasteiger charge is -2.27. The molecule has 0 saturated heterocycles. The molecule has 1 aromatic carbocycles. The molecule has 2 aliphatic rings. The molecule has 5 heteroatoms. The van der Waals surface area contributed by atoms with E-state index >= 15 is 0 Å². The fraction of sp³-hybridized carbons (Fsp3) is 0.611. The number of guanidine groups is 1. The summed E-state index contributed by atoms with van der Waals surface area (Å²) in [5.41, 5.74) is 7.49. The van der Waals surface area contributed by atoms with Crippen molar-refractivity contribution in [2.75, 3.05) is 13.6 Å². The van der Waals surface area contributed by atoms with E-state index in [1.807, 2.05) is 11.8 Å². The smallest absolute Gasteiger partial charge is 0.191 e. The summed E-state index contributed by atoms with van der Waals surface area (Å²) in [5, 5.41) is 0. The van der Waals surface area contributed by atoms with Crippen LogP contribution in [0.3, 0.4) is 0 Å². The van der Waals surface area contributed by atoms with Crippen molar-refractivity contribution < 1.29 is 0 Å². The maximum atomic E-state index is 6.18. The van der Waals surface area contributed by atoms with Crippen LogP contribution in [0, 0.1) is 6.92 Å². The molecule has 2 N–H and O–H groups in total. The topological polar surface area (TPSA) is 41.6 Å². The van der Waals surface area contributed by atoms with Crippen LogP contribution in [-0.2, 0) is 0 Å². The normalized spacial score (nSPS) is 20.2. The fourth-order valence-electron chi connectivity index (χ4n) is 3.15. The highest BCUT2D eigenvalue weighted by atomic mass is 127. The van der Waals surface area contributed by atoms with Crippen LogP contribution in [0.2, 0.25) is 0 Å². The van der Waals surface area contributed by atoms with E-state index in [0.29, 0.717) is 6.04 Å². The Bertz CT molecular complexity index is 534. The summed E-state index contributed by atoms with van der Waals surface area (Å²) >= 11 is 2.00. The minimum atomic E-state index is 0. The zero-order chi connectivity index (χ0) is 15.6. The lowest BCUT2D eigenvalue weighted by atomic mass is 10.1. The van der Waals surface area contributed by atoms with E-state index in [1.54, 1.807) is 0 Å². The van der Waals surface area contributed by atoms with Gasteiger partial charge in [0.2, 0.25) is 0 Å². The molecular formula is C18H28IN3S. The van der Waals surface area contributed by atoms with Gasteiger partial charge in [-0.2, -0.15) is 0 Å². The van der Waals surface area contributed by atoms with E-state index in [1.165, 1.54) is 49.0 Å². The molecule has 0 unspecified atom stereocenters. The number of thioether (sulfide) groups is 1. The van der Waals surface area contributed by atoms with Crippen LogP contribution in [0.1, 0.15) is 44.1 Å². The minimum absolute atomic E-state index is 0. The summed E-state index contributed by atoms with van der Waals surface area (Å²) in [6.45, 7) is 2.98. The van der Waals surface area contributed by atoms with Gasteiger partial charge >= 0.3 is 0 Å². The van der Waals surface area contributed by atoms with Gasteiger partial charge < -0.3 is 10.6 Å². The number of rotatable bonds is 5. The predicted octanol–water partition coefficient (Wildman–Crippen LogP) is 4.43. The lowest BCUT2D eigenvalue weighted by molar-refractivity contribution is 0.484. The van der Waals surface area contributed by atoms with Gasteiger partial charge in [0.05, 0.1) is 6.54 Å². The van der Waals surface area contributed by atoms with Crippen LogP contribution in [-0.4, -0.2) is 35.2 Å². The zero-order valence-corrected chi connectivity index (χ0v) is 17.3. The Morgan fingerprint density at radius 3 is 2.43 bits per heavy atom. The van der Waals surface area contributed by atoms with Gasteiger partial charge in [-0.3, -0.25) is 4.99 Å². The lowest BCUT2D eigenvalue weighted by Crippen LogP contribution is -2.37. The third-order valence-corrected chi connectivity index (χ3v) is 6.33. The molecule has 2 fully saturated rings. The molecule has 0 heterocycles. The van der Waals surface area contributed by atoms with E-state index in [2.05, 4.69) is 43.1 Å². The summed E-state index contributed by atoms with van der Waals surface area (Å²) in [5.74, 6) is 0.721. The number of nitrogens with zero attached hydrogens (tertiary/aromatic N) is 2. The van der Waals surface area contributed by atoms with Crippen molar-refractivity contribution in [3.05, 3.63) is 29.8 Å². The highest BCUT2D eigenvalue weighted by molar-refractivity contribution is 14.0. The van der Waals surface area contributed by atoms with Crippen molar-refractivity contribution in [1.29, 1.82) is 0 Å².